The quantitative estimate of drug-likeness (QED) is 0.734. The van der Waals surface area contributed by atoms with Gasteiger partial charge >= 0.3 is 6.18 Å². The van der Waals surface area contributed by atoms with Crippen molar-refractivity contribution in [1.82, 2.24) is 10.1 Å². The number of hydrogen-bond acceptors (Lipinski definition) is 5. The minimum Gasteiger partial charge on any atom is -0.372 e. The molecule has 110 valence electrons. The second kappa shape index (κ2) is 7.44. The molecule has 8 heteroatoms. The van der Waals surface area contributed by atoms with Gasteiger partial charge in [-0.2, -0.15) is 18.2 Å². The van der Waals surface area contributed by atoms with Gasteiger partial charge in [0.15, 0.2) is 5.82 Å². The molecule has 0 bridgehead atoms. The van der Waals surface area contributed by atoms with Crippen molar-refractivity contribution in [1.29, 1.82) is 0 Å². The molecule has 0 aliphatic heterocycles. The molecule has 1 rings (SSSR count). The van der Waals surface area contributed by atoms with Crippen LogP contribution in [0.4, 0.5) is 13.2 Å². The van der Waals surface area contributed by atoms with Gasteiger partial charge in [0.2, 0.25) is 5.89 Å². The highest BCUT2D eigenvalue weighted by molar-refractivity contribution is 4.88. The fourth-order valence-corrected chi connectivity index (χ4v) is 1.47. The van der Waals surface area contributed by atoms with Gasteiger partial charge in [0, 0.05) is 12.8 Å². The highest BCUT2D eigenvalue weighted by atomic mass is 19.4. The average molecular weight is 281 g/mol. The van der Waals surface area contributed by atoms with Gasteiger partial charge in [-0.15, -0.1) is 0 Å². The molecule has 1 aromatic rings. The Bertz CT molecular complexity index is 364. The highest BCUT2D eigenvalue weighted by Gasteiger charge is 2.27. The van der Waals surface area contributed by atoms with Crippen LogP contribution in [-0.4, -0.2) is 36.1 Å². The molecule has 5 nitrogen and oxygen atoms in total. The summed E-state index contributed by atoms with van der Waals surface area (Å²) in [6, 6.07) is 0. The first-order valence-electron chi connectivity index (χ1n) is 6.10. The summed E-state index contributed by atoms with van der Waals surface area (Å²) in [5.74, 6) is 1.09. The normalized spacial score (nSPS) is 13.7. The Morgan fingerprint density at radius 1 is 1.42 bits per heavy atom. The fourth-order valence-electron chi connectivity index (χ4n) is 1.47. The molecule has 0 saturated carbocycles. The molecular weight excluding hydrogens is 263 g/mol. The van der Waals surface area contributed by atoms with Crippen LogP contribution in [-0.2, 0) is 17.6 Å². The first-order chi connectivity index (χ1) is 8.94. The van der Waals surface area contributed by atoms with E-state index in [4.69, 9.17) is 10.3 Å². The van der Waals surface area contributed by atoms with E-state index in [1.54, 1.807) is 0 Å². The van der Waals surface area contributed by atoms with Gasteiger partial charge in [-0.3, -0.25) is 0 Å². The van der Waals surface area contributed by atoms with E-state index in [1.807, 2.05) is 6.92 Å². The van der Waals surface area contributed by atoms with E-state index in [9.17, 15) is 13.2 Å². The summed E-state index contributed by atoms with van der Waals surface area (Å²) in [4.78, 5) is 4.09. The summed E-state index contributed by atoms with van der Waals surface area (Å²) in [6.07, 6.45) is -2.62. The molecule has 1 heterocycles. The van der Waals surface area contributed by atoms with Crippen molar-refractivity contribution < 1.29 is 22.4 Å². The predicted octanol–water partition coefficient (Wildman–Crippen LogP) is 1.72. The van der Waals surface area contributed by atoms with E-state index in [0.717, 1.165) is 6.42 Å². The van der Waals surface area contributed by atoms with Crippen molar-refractivity contribution in [2.24, 2.45) is 11.7 Å². The molecule has 0 radical (unpaired) electrons. The van der Waals surface area contributed by atoms with E-state index >= 15 is 0 Å². The summed E-state index contributed by atoms with van der Waals surface area (Å²) in [7, 11) is 0. The Labute approximate surface area is 109 Å². The third kappa shape index (κ3) is 6.53. The standard InChI is InChI=1S/C11H18F3N3O2/c1-2-8(6-15)5-10-16-9(17-19-10)3-4-18-7-11(12,13)14/h8H,2-7,15H2,1H3. The second-order valence-electron chi connectivity index (χ2n) is 4.24. The largest absolute Gasteiger partial charge is 0.411 e. The first-order valence-corrected chi connectivity index (χ1v) is 6.10. The van der Waals surface area contributed by atoms with E-state index in [2.05, 4.69) is 14.9 Å². The van der Waals surface area contributed by atoms with Gasteiger partial charge in [-0.05, 0) is 12.5 Å². The van der Waals surface area contributed by atoms with E-state index in [-0.39, 0.29) is 18.9 Å². The highest BCUT2D eigenvalue weighted by Crippen LogP contribution is 2.14. The molecular formula is C11H18F3N3O2. The number of nitrogens with zero attached hydrogens (tertiary/aromatic N) is 2. The number of ether oxygens (including phenoxy) is 1. The third-order valence-electron chi connectivity index (χ3n) is 2.62. The number of alkyl halides is 3. The lowest BCUT2D eigenvalue weighted by Gasteiger charge is -2.07. The molecule has 0 fully saturated rings. The molecule has 0 aliphatic rings. The Morgan fingerprint density at radius 3 is 2.74 bits per heavy atom. The Morgan fingerprint density at radius 2 is 2.16 bits per heavy atom. The molecule has 0 saturated heterocycles. The van der Waals surface area contributed by atoms with Crippen LogP contribution in [0.25, 0.3) is 0 Å². The number of aromatic nitrogens is 2. The molecule has 1 aromatic heterocycles. The predicted molar refractivity (Wildman–Crippen MR) is 61.4 cm³/mol. The van der Waals surface area contributed by atoms with Crippen molar-refractivity contribution >= 4 is 0 Å². The SMILES string of the molecule is CCC(CN)Cc1nc(CCOCC(F)(F)F)no1. The van der Waals surface area contributed by atoms with Crippen LogP contribution in [0.1, 0.15) is 25.1 Å². The van der Waals surface area contributed by atoms with Crippen molar-refractivity contribution in [3.05, 3.63) is 11.7 Å². The monoisotopic (exact) mass is 281 g/mol. The minimum absolute atomic E-state index is 0.0907. The molecule has 19 heavy (non-hydrogen) atoms. The van der Waals surface area contributed by atoms with Crippen molar-refractivity contribution in [3.8, 4) is 0 Å². The van der Waals surface area contributed by atoms with Crippen LogP contribution in [0.15, 0.2) is 4.52 Å². The Hall–Kier alpha value is -1.15. The lowest BCUT2D eigenvalue weighted by molar-refractivity contribution is -0.173. The van der Waals surface area contributed by atoms with E-state index < -0.39 is 12.8 Å². The molecule has 0 aliphatic carbocycles. The Kier molecular flexibility index (Phi) is 6.23. The molecule has 1 unspecified atom stereocenters. The van der Waals surface area contributed by atoms with Gasteiger partial charge in [0.25, 0.3) is 0 Å². The van der Waals surface area contributed by atoms with Crippen molar-refractivity contribution in [2.45, 2.75) is 32.4 Å². The number of rotatable bonds is 8. The zero-order valence-electron chi connectivity index (χ0n) is 10.7. The fraction of sp³-hybridized carbons (Fsp3) is 0.818. The topological polar surface area (TPSA) is 74.2 Å². The number of hydrogen-bond donors (Lipinski definition) is 1. The lowest BCUT2D eigenvalue weighted by atomic mass is 10.0. The van der Waals surface area contributed by atoms with Gasteiger partial charge in [-0.25, -0.2) is 0 Å². The molecule has 0 aromatic carbocycles. The van der Waals surface area contributed by atoms with Gasteiger partial charge < -0.3 is 15.0 Å². The second-order valence-corrected chi connectivity index (χ2v) is 4.24. The molecule has 0 amide bonds. The maximum absolute atomic E-state index is 11.8. The molecule has 1 atom stereocenters. The Balaban J connectivity index is 2.30. The summed E-state index contributed by atoms with van der Waals surface area (Å²) in [5, 5.41) is 3.68. The maximum atomic E-state index is 11.8. The summed E-state index contributed by atoms with van der Waals surface area (Å²) >= 11 is 0. The first kappa shape index (κ1) is 15.9. The smallest absolute Gasteiger partial charge is 0.372 e. The lowest BCUT2D eigenvalue weighted by Crippen LogP contribution is -2.18. The molecule has 0 spiro atoms. The minimum atomic E-state index is -4.31. The zero-order valence-corrected chi connectivity index (χ0v) is 10.7. The van der Waals surface area contributed by atoms with Crippen LogP contribution < -0.4 is 5.73 Å². The molecule has 2 N–H and O–H groups in total. The van der Waals surface area contributed by atoms with Gasteiger partial charge in [0.05, 0.1) is 6.61 Å². The maximum Gasteiger partial charge on any atom is 0.411 e. The van der Waals surface area contributed by atoms with Crippen LogP contribution in [0.3, 0.4) is 0 Å². The average Bonchev–Trinajstić information content (AvgIpc) is 2.78. The number of halogens is 3. The van der Waals surface area contributed by atoms with Crippen LogP contribution in [0.5, 0.6) is 0 Å². The van der Waals surface area contributed by atoms with Crippen LogP contribution in [0.2, 0.25) is 0 Å². The van der Waals surface area contributed by atoms with Crippen LogP contribution >= 0.6 is 0 Å². The van der Waals surface area contributed by atoms with E-state index in [0.29, 0.717) is 24.7 Å². The summed E-state index contributed by atoms with van der Waals surface area (Å²) in [5.41, 5.74) is 5.56. The van der Waals surface area contributed by atoms with Crippen molar-refractivity contribution in [3.63, 3.8) is 0 Å². The number of nitrogens with two attached hydrogens (primary N) is 1. The van der Waals surface area contributed by atoms with Crippen molar-refractivity contribution in [2.75, 3.05) is 19.8 Å². The summed E-state index contributed by atoms with van der Waals surface area (Å²) in [6.45, 7) is 1.19. The van der Waals surface area contributed by atoms with Gasteiger partial charge in [-0.1, -0.05) is 18.5 Å². The third-order valence-corrected chi connectivity index (χ3v) is 2.62. The van der Waals surface area contributed by atoms with E-state index in [1.165, 1.54) is 0 Å². The van der Waals surface area contributed by atoms with Gasteiger partial charge in [0.1, 0.15) is 6.61 Å². The summed E-state index contributed by atoms with van der Waals surface area (Å²) < 4.78 is 44.9. The zero-order chi connectivity index (χ0) is 14.3. The van der Waals surface area contributed by atoms with Crippen LogP contribution in [0, 0.1) is 5.92 Å².